The second-order valence-corrected chi connectivity index (χ2v) is 7.76. The number of hydrogen-bond acceptors (Lipinski definition) is 5. The minimum atomic E-state index is -5.69. The van der Waals surface area contributed by atoms with Gasteiger partial charge >= 0.3 is 30.2 Å². The van der Waals surface area contributed by atoms with Gasteiger partial charge in [0.25, 0.3) is 0 Å². The van der Waals surface area contributed by atoms with Crippen LogP contribution in [-0.2, 0) is 19.0 Å². The Balaban J connectivity index is 4.57. The van der Waals surface area contributed by atoms with E-state index < -0.39 is 68.1 Å². The molecule has 0 aliphatic carbocycles. The number of carbonyl (C=O) groups is 1. The first-order valence-corrected chi connectivity index (χ1v) is 10.6. The van der Waals surface area contributed by atoms with Crippen molar-refractivity contribution in [2.45, 2.75) is 81.9 Å². The van der Waals surface area contributed by atoms with Gasteiger partial charge in [0.15, 0.2) is 6.29 Å². The molecular weight excluding hydrogens is 510 g/mol. The van der Waals surface area contributed by atoms with Crippen LogP contribution < -0.4 is 0 Å². The largest absolute Gasteiger partial charge is 0.465 e. The van der Waals surface area contributed by atoms with Crippen LogP contribution in [0.15, 0.2) is 0 Å². The molecular formula is C20H29F10O5. The Morgan fingerprint density at radius 2 is 1.20 bits per heavy atom. The van der Waals surface area contributed by atoms with E-state index >= 15 is 0 Å². The highest BCUT2D eigenvalue weighted by molar-refractivity contribution is 5.69. The van der Waals surface area contributed by atoms with Crippen molar-refractivity contribution in [3.8, 4) is 0 Å². The summed E-state index contributed by atoms with van der Waals surface area (Å²) < 4.78 is 140. The monoisotopic (exact) mass is 539 g/mol. The number of rotatable bonds is 18. The predicted molar refractivity (Wildman–Crippen MR) is 102 cm³/mol. The van der Waals surface area contributed by atoms with Crippen LogP contribution in [0.4, 0.5) is 43.9 Å². The fraction of sp³-hybridized carbons (Fsp3) is 0.900. The summed E-state index contributed by atoms with van der Waals surface area (Å²) in [6.07, 6.45) is -17.6. The zero-order chi connectivity index (χ0) is 27.3. The normalized spacial score (nSPS) is 14.4. The first-order chi connectivity index (χ1) is 15.9. The molecule has 0 amide bonds. The van der Waals surface area contributed by atoms with Gasteiger partial charge in [-0.25, -0.2) is 0 Å². The molecule has 0 bridgehead atoms. The Morgan fingerprint density at radius 1 is 0.771 bits per heavy atom. The first kappa shape index (κ1) is 33.7. The minimum Gasteiger partial charge on any atom is -0.465 e. The number of esters is 1. The predicted octanol–water partition coefficient (Wildman–Crippen LogP) is 5.85. The molecule has 0 aliphatic rings. The molecule has 0 saturated carbocycles. The van der Waals surface area contributed by atoms with E-state index in [0.717, 1.165) is 0 Å². The zero-order valence-electron chi connectivity index (χ0n) is 18.7. The van der Waals surface area contributed by atoms with Gasteiger partial charge in [0.2, 0.25) is 0 Å². The number of carbonyl (C=O) groups excluding carboxylic acids is 1. The summed E-state index contributed by atoms with van der Waals surface area (Å²) >= 11 is 0. The quantitative estimate of drug-likeness (QED) is 0.103. The highest BCUT2D eigenvalue weighted by Gasteiger charge is 2.57. The van der Waals surface area contributed by atoms with Crippen molar-refractivity contribution < 1.29 is 68.0 Å². The fourth-order valence-electron chi connectivity index (χ4n) is 2.40. The van der Waals surface area contributed by atoms with Crippen LogP contribution in [0.2, 0.25) is 0 Å². The van der Waals surface area contributed by atoms with E-state index in [1.165, 1.54) is 0 Å². The Morgan fingerprint density at radius 3 is 1.57 bits per heavy atom. The van der Waals surface area contributed by atoms with Gasteiger partial charge in [-0.05, 0) is 32.6 Å². The standard InChI is InChI=1S/C20H29F10O5/c1-14(12-31)13-35-15(32)6-7-16(33-10-4-2-8-17(21,22)19(25,26)27)34-11-5-3-9-18(23,24)20(28,29)30/h14,16,31H,1-13H2. The summed E-state index contributed by atoms with van der Waals surface area (Å²) in [6.45, 7) is 2.26. The number of hydrogen-bond donors (Lipinski definition) is 1. The van der Waals surface area contributed by atoms with Crippen LogP contribution in [0.25, 0.3) is 0 Å². The molecule has 1 atom stereocenters. The topological polar surface area (TPSA) is 65.0 Å². The lowest BCUT2D eigenvalue weighted by molar-refractivity contribution is -0.285. The van der Waals surface area contributed by atoms with Crippen LogP contribution in [0.1, 0.15) is 51.4 Å². The molecule has 0 aromatic carbocycles. The molecule has 0 spiro atoms. The van der Waals surface area contributed by atoms with E-state index in [1.54, 1.807) is 0 Å². The molecule has 0 aromatic heterocycles. The molecule has 1 radical (unpaired) electrons. The van der Waals surface area contributed by atoms with E-state index in [0.29, 0.717) is 0 Å². The van der Waals surface area contributed by atoms with Crippen molar-refractivity contribution in [2.75, 3.05) is 26.4 Å². The number of aliphatic hydroxyl groups is 1. The van der Waals surface area contributed by atoms with Gasteiger partial charge in [-0.1, -0.05) is 0 Å². The SMILES string of the molecule is [CH2]C(CO)COC(=O)CCC(OCCCCC(F)(F)C(F)(F)F)OCCCCC(F)(F)C(F)(F)F. The van der Waals surface area contributed by atoms with Gasteiger partial charge in [0.1, 0.15) is 0 Å². The van der Waals surface area contributed by atoms with Crippen molar-refractivity contribution >= 4 is 5.97 Å². The highest BCUT2D eigenvalue weighted by Crippen LogP contribution is 2.40. The third-order valence-corrected chi connectivity index (χ3v) is 4.53. The van der Waals surface area contributed by atoms with Gasteiger partial charge in [-0.15, -0.1) is 0 Å². The molecule has 0 aliphatic heterocycles. The number of ether oxygens (including phenoxy) is 3. The maximum atomic E-state index is 12.9. The summed E-state index contributed by atoms with van der Waals surface area (Å²) in [5.41, 5.74) is 0. The second-order valence-electron chi connectivity index (χ2n) is 7.76. The Hall–Kier alpha value is -1.35. The summed E-state index contributed by atoms with van der Waals surface area (Å²) in [4.78, 5) is 11.7. The maximum absolute atomic E-state index is 12.9. The average Bonchev–Trinajstić information content (AvgIpc) is 2.72. The van der Waals surface area contributed by atoms with Gasteiger partial charge in [0.05, 0.1) is 13.0 Å². The summed E-state index contributed by atoms with van der Waals surface area (Å²) in [5.74, 6) is -11.1. The highest BCUT2D eigenvalue weighted by atomic mass is 19.4. The van der Waals surface area contributed by atoms with Crippen LogP contribution in [0.5, 0.6) is 0 Å². The first-order valence-electron chi connectivity index (χ1n) is 10.6. The van der Waals surface area contributed by atoms with Crippen molar-refractivity contribution in [3.63, 3.8) is 0 Å². The molecule has 0 heterocycles. The average molecular weight is 539 g/mol. The molecule has 1 N–H and O–H groups in total. The molecule has 209 valence electrons. The lowest BCUT2D eigenvalue weighted by atomic mass is 10.1. The van der Waals surface area contributed by atoms with Crippen molar-refractivity contribution in [1.82, 2.24) is 0 Å². The number of aliphatic hydroxyl groups excluding tert-OH is 1. The fourth-order valence-corrected chi connectivity index (χ4v) is 2.40. The lowest BCUT2D eigenvalue weighted by Gasteiger charge is -2.21. The number of unbranched alkanes of at least 4 members (excludes halogenated alkanes) is 2. The van der Waals surface area contributed by atoms with E-state index in [2.05, 4.69) is 6.92 Å². The van der Waals surface area contributed by atoms with Crippen molar-refractivity contribution in [2.24, 2.45) is 5.92 Å². The molecule has 0 saturated heterocycles. The number of halogens is 10. The summed E-state index contributed by atoms with van der Waals surface area (Å²) in [6, 6.07) is 0. The van der Waals surface area contributed by atoms with Crippen LogP contribution in [0, 0.1) is 12.8 Å². The molecule has 5 nitrogen and oxygen atoms in total. The van der Waals surface area contributed by atoms with Crippen LogP contribution >= 0.6 is 0 Å². The molecule has 15 heteroatoms. The molecule has 0 aromatic rings. The minimum absolute atomic E-state index is 0.183. The Labute approximate surface area is 196 Å². The van der Waals surface area contributed by atoms with Gasteiger partial charge in [0, 0.05) is 45.0 Å². The lowest BCUT2D eigenvalue weighted by Crippen LogP contribution is -2.36. The van der Waals surface area contributed by atoms with E-state index in [4.69, 9.17) is 19.3 Å². The summed E-state index contributed by atoms with van der Waals surface area (Å²) in [7, 11) is 0. The van der Waals surface area contributed by atoms with E-state index in [-0.39, 0.29) is 52.1 Å². The van der Waals surface area contributed by atoms with Crippen LogP contribution in [0.3, 0.4) is 0 Å². The number of alkyl halides is 10. The smallest absolute Gasteiger partial charge is 0.453 e. The maximum Gasteiger partial charge on any atom is 0.453 e. The second kappa shape index (κ2) is 15.0. The third-order valence-electron chi connectivity index (χ3n) is 4.53. The molecule has 35 heavy (non-hydrogen) atoms. The zero-order valence-corrected chi connectivity index (χ0v) is 18.7. The van der Waals surface area contributed by atoms with E-state index in [9.17, 15) is 48.7 Å². The Kier molecular flexibility index (Phi) is 14.4. The molecule has 1 unspecified atom stereocenters. The summed E-state index contributed by atoms with van der Waals surface area (Å²) in [5, 5.41) is 8.82. The van der Waals surface area contributed by atoms with E-state index in [1.807, 2.05) is 0 Å². The molecule has 0 rings (SSSR count). The Bertz CT molecular complexity index is 560. The van der Waals surface area contributed by atoms with Gasteiger partial charge < -0.3 is 19.3 Å². The van der Waals surface area contributed by atoms with Crippen molar-refractivity contribution in [1.29, 1.82) is 0 Å². The third kappa shape index (κ3) is 14.1. The van der Waals surface area contributed by atoms with Crippen LogP contribution in [-0.4, -0.2) is 68.0 Å². The molecule has 0 fully saturated rings. The van der Waals surface area contributed by atoms with Gasteiger partial charge in [-0.2, -0.15) is 43.9 Å². The van der Waals surface area contributed by atoms with Crippen molar-refractivity contribution in [3.05, 3.63) is 6.92 Å². The van der Waals surface area contributed by atoms with Gasteiger partial charge in [-0.3, -0.25) is 4.79 Å².